The molecule has 1 saturated carbocycles. The summed E-state index contributed by atoms with van der Waals surface area (Å²) in [4.78, 5) is 7.87. The van der Waals surface area contributed by atoms with Crippen molar-refractivity contribution in [3.63, 3.8) is 0 Å². The van der Waals surface area contributed by atoms with Crippen molar-refractivity contribution >= 4 is 17.4 Å². The summed E-state index contributed by atoms with van der Waals surface area (Å²) in [5.41, 5.74) is 0.267. The van der Waals surface area contributed by atoms with Gasteiger partial charge in [0.1, 0.15) is 17.2 Å². The quantitative estimate of drug-likeness (QED) is 0.804. The van der Waals surface area contributed by atoms with Crippen LogP contribution in [0.3, 0.4) is 0 Å². The Kier molecular flexibility index (Phi) is 3.07. The lowest BCUT2D eigenvalue weighted by Gasteiger charge is -2.15. The van der Waals surface area contributed by atoms with Gasteiger partial charge < -0.3 is 10.4 Å². The molecule has 0 unspecified atom stereocenters. The molecule has 4 nitrogen and oxygen atoms in total. The molecular formula is C10H14ClN3O. The summed E-state index contributed by atoms with van der Waals surface area (Å²) in [6.07, 6.45) is 6.23. The third-order valence-electron chi connectivity index (χ3n) is 2.90. The van der Waals surface area contributed by atoms with Crippen LogP contribution >= 0.6 is 11.6 Å². The molecule has 0 atom stereocenters. The van der Waals surface area contributed by atoms with Gasteiger partial charge in [-0.3, -0.25) is 0 Å². The number of aliphatic hydroxyl groups excluding tert-OH is 1. The fourth-order valence-corrected chi connectivity index (χ4v) is 1.82. The van der Waals surface area contributed by atoms with E-state index in [1.54, 1.807) is 6.20 Å². The van der Waals surface area contributed by atoms with E-state index >= 15 is 0 Å². The van der Waals surface area contributed by atoms with Gasteiger partial charge in [-0.05, 0) is 24.7 Å². The number of aliphatic hydroxyl groups is 1. The van der Waals surface area contributed by atoms with E-state index in [2.05, 4.69) is 15.3 Å². The number of halogens is 1. The summed E-state index contributed by atoms with van der Waals surface area (Å²) in [5, 5.41) is 12.7. The van der Waals surface area contributed by atoms with Crippen LogP contribution in [-0.2, 0) is 0 Å². The molecule has 15 heavy (non-hydrogen) atoms. The molecule has 0 aromatic carbocycles. The van der Waals surface area contributed by atoms with Crippen LogP contribution in [0.2, 0.25) is 5.02 Å². The van der Waals surface area contributed by atoms with Crippen LogP contribution in [0.4, 0.5) is 5.82 Å². The molecule has 1 aliphatic carbocycles. The van der Waals surface area contributed by atoms with Crippen LogP contribution in [-0.4, -0.2) is 28.2 Å². The van der Waals surface area contributed by atoms with E-state index in [1.807, 2.05) is 0 Å². The summed E-state index contributed by atoms with van der Waals surface area (Å²) in [7, 11) is 0. The molecule has 0 bridgehead atoms. The molecule has 0 spiro atoms. The van der Waals surface area contributed by atoms with Gasteiger partial charge in [-0.1, -0.05) is 11.6 Å². The standard InChI is InChI=1S/C10H14ClN3O/c11-8-5-12-7-14-9(8)13-6-10(1-2-10)3-4-15/h5,7,15H,1-4,6H2,(H,12,13,14). The first-order chi connectivity index (χ1) is 7.26. The fourth-order valence-electron chi connectivity index (χ4n) is 1.64. The Hall–Kier alpha value is -0.870. The molecule has 0 aliphatic heterocycles. The predicted octanol–water partition coefficient (Wildman–Crippen LogP) is 1.70. The fraction of sp³-hybridized carbons (Fsp3) is 0.600. The number of aromatic nitrogens is 2. The highest BCUT2D eigenvalue weighted by molar-refractivity contribution is 6.32. The topological polar surface area (TPSA) is 58.0 Å². The van der Waals surface area contributed by atoms with Crippen molar-refractivity contribution in [2.45, 2.75) is 19.3 Å². The zero-order valence-corrected chi connectivity index (χ0v) is 9.17. The minimum atomic E-state index is 0.249. The smallest absolute Gasteiger partial charge is 0.148 e. The Morgan fingerprint density at radius 2 is 2.33 bits per heavy atom. The number of hydrogen-bond donors (Lipinski definition) is 2. The lowest BCUT2D eigenvalue weighted by Crippen LogP contribution is -2.17. The maximum Gasteiger partial charge on any atom is 0.148 e. The molecular weight excluding hydrogens is 214 g/mol. The molecule has 82 valence electrons. The van der Waals surface area contributed by atoms with E-state index in [4.69, 9.17) is 16.7 Å². The second-order valence-electron chi connectivity index (χ2n) is 4.05. The average Bonchev–Trinajstić information content (AvgIpc) is 2.98. The third-order valence-corrected chi connectivity index (χ3v) is 3.17. The maximum absolute atomic E-state index is 8.91. The molecule has 1 aromatic rings. The van der Waals surface area contributed by atoms with Crippen molar-refractivity contribution in [2.75, 3.05) is 18.5 Å². The lowest BCUT2D eigenvalue weighted by atomic mass is 10.0. The van der Waals surface area contributed by atoms with Crippen LogP contribution in [0.1, 0.15) is 19.3 Å². The normalized spacial score (nSPS) is 17.5. The molecule has 1 aromatic heterocycles. The van der Waals surface area contributed by atoms with E-state index in [-0.39, 0.29) is 12.0 Å². The van der Waals surface area contributed by atoms with Gasteiger partial charge in [0.2, 0.25) is 0 Å². The number of nitrogens with one attached hydrogen (secondary N) is 1. The zero-order valence-electron chi connectivity index (χ0n) is 8.41. The number of nitrogens with zero attached hydrogens (tertiary/aromatic N) is 2. The Bertz CT molecular complexity index is 341. The molecule has 1 fully saturated rings. The summed E-state index contributed by atoms with van der Waals surface area (Å²) in [6, 6.07) is 0. The summed E-state index contributed by atoms with van der Waals surface area (Å²) >= 11 is 5.91. The first-order valence-corrected chi connectivity index (χ1v) is 5.44. The van der Waals surface area contributed by atoms with E-state index in [0.717, 1.165) is 13.0 Å². The third kappa shape index (κ3) is 2.58. The Labute approximate surface area is 93.7 Å². The number of anilines is 1. The highest BCUT2D eigenvalue weighted by Crippen LogP contribution is 2.48. The van der Waals surface area contributed by atoms with Gasteiger partial charge in [0.05, 0.1) is 6.20 Å². The lowest BCUT2D eigenvalue weighted by molar-refractivity contribution is 0.253. The van der Waals surface area contributed by atoms with Crippen molar-refractivity contribution in [2.24, 2.45) is 5.41 Å². The van der Waals surface area contributed by atoms with E-state index in [9.17, 15) is 0 Å². The van der Waals surface area contributed by atoms with E-state index in [0.29, 0.717) is 10.8 Å². The highest BCUT2D eigenvalue weighted by atomic mass is 35.5. The molecule has 2 rings (SSSR count). The molecule has 1 aliphatic rings. The van der Waals surface area contributed by atoms with Crippen LogP contribution < -0.4 is 5.32 Å². The van der Waals surface area contributed by atoms with Gasteiger partial charge in [-0.2, -0.15) is 0 Å². The van der Waals surface area contributed by atoms with Crippen molar-refractivity contribution < 1.29 is 5.11 Å². The number of hydrogen-bond acceptors (Lipinski definition) is 4. The molecule has 0 saturated heterocycles. The zero-order chi connectivity index (χ0) is 10.7. The summed E-state index contributed by atoms with van der Waals surface area (Å²) in [5.74, 6) is 0.677. The second-order valence-corrected chi connectivity index (χ2v) is 4.45. The highest BCUT2D eigenvalue weighted by Gasteiger charge is 2.41. The van der Waals surface area contributed by atoms with E-state index in [1.165, 1.54) is 19.2 Å². The monoisotopic (exact) mass is 227 g/mol. The molecule has 5 heteroatoms. The summed E-state index contributed by atoms with van der Waals surface area (Å²) < 4.78 is 0. The molecule has 0 radical (unpaired) electrons. The van der Waals surface area contributed by atoms with Gasteiger partial charge >= 0.3 is 0 Å². The minimum absolute atomic E-state index is 0.249. The first kappa shape index (κ1) is 10.6. The molecule has 1 heterocycles. The van der Waals surface area contributed by atoms with Gasteiger partial charge in [-0.15, -0.1) is 0 Å². The average molecular weight is 228 g/mol. The van der Waals surface area contributed by atoms with Crippen molar-refractivity contribution in [3.05, 3.63) is 17.5 Å². The van der Waals surface area contributed by atoms with Crippen LogP contribution in [0.25, 0.3) is 0 Å². The Balaban J connectivity index is 1.91. The molecule has 0 amide bonds. The second kappa shape index (κ2) is 4.33. The number of rotatable bonds is 5. The van der Waals surface area contributed by atoms with Crippen LogP contribution in [0.5, 0.6) is 0 Å². The molecule has 2 N–H and O–H groups in total. The van der Waals surface area contributed by atoms with Gasteiger partial charge in [0.15, 0.2) is 0 Å². The first-order valence-electron chi connectivity index (χ1n) is 5.06. The predicted molar refractivity (Wildman–Crippen MR) is 58.9 cm³/mol. The Morgan fingerprint density at radius 3 is 2.93 bits per heavy atom. The van der Waals surface area contributed by atoms with Crippen molar-refractivity contribution in [1.82, 2.24) is 9.97 Å². The Morgan fingerprint density at radius 1 is 1.53 bits per heavy atom. The maximum atomic E-state index is 8.91. The van der Waals surface area contributed by atoms with Crippen LogP contribution in [0.15, 0.2) is 12.5 Å². The van der Waals surface area contributed by atoms with Gasteiger partial charge in [0.25, 0.3) is 0 Å². The van der Waals surface area contributed by atoms with E-state index < -0.39 is 0 Å². The van der Waals surface area contributed by atoms with Gasteiger partial charge in [-0.25, -0.2) is 9.97 Å². The minimum Gasteiger partial charge on any atom is -0.396 e. The van der Waals surface area contributed by atoms with Crippen molar-refractivity contribution in [3.8, 4) is 0 Å². The SMILES string of the molecule is OCCC1(CNc2ncncc2Cl)CC1. The van der Waals surface area contributed by atoms with Crippen LogP contribution in [0, 0.1) is 5.41 Å². The largest absolute Gasteiger partial charge is 0.396 e. The summed E-state index contributed by atoms with van der Waals surface area (Å²) in [6.45, 7) is 1.07. The van der Waals surface area contributed by atoms with Crippen molar-refractivity contribution in [1.29, 1.82) is 0 Å². The van der Waals surface area contributed by atoms with Gasteiger partial charge in [0, 0.05) is 13.2 Å².